The van der Waals surface area contributed by atoms with Crippen molar-refractivity contribution in [3.05, 3.63) is 53.6 Å². The molecule has 0 bridgehead atoms. The molecule has 0 radical (unpaired) electrons. The second kappa shape index (κ2) is 13.9. The predicted molar refractivity (Wildman–Crippen MR) is 124 cm³/mol. The molecule has 0 saturated carbocycles. The average molecular weight is 395 g/mol. The van der Waals surface area contributed by atoms with Gasteiger partial charge in [0, 0.05) is 0 Å². The topological polar surface area (TPSA) is 34.0 Å². The number of hydrogen-bond donors (Lipinski definition) is 0. The molecular formula is C26H38N2O. The van der Waals surface area contributed by atoms with Gasteiger partial charge in [0.2, 0.25) is 0 Å². The fourth-order valence-corrected chi connectivity index (χ4v) is 3.33. The molecule has 0 aliphatic rings. The molecule has 0 atom stereocenters. The Hall–Kier alpha value is -2.16. The Morgan fingerprint density at radius 3 is 1.93 bits per heavy atom. The van der Waals surface area contributed by atoms with E-state index < -0.39 is 0 Å². The fourth-order valence-electron chi connectivity index (χ4n) is 3.33. The van der Waals surface area contributed by atoms with Gasteiger partial charge in [-0.2, -0.15) is 10.2 Å². The summed E-state index contributed by atoms with van der Waals surface area (Å²) in [6.07, 6.45) is 13.4. The van der Waals surface area contributed by atoms with Crippen LogP contribution in [0.1, 0.15) is 82.3 Å². The van der Waals surface area contributed by atoms with Crippen molar-refractivity contribution >= 4 is 11.4 Å². The van der Waals surface area contributed by atoms with Gasteiger partial charge in [-0.1, -0.05) is 82.4 Å². The first-order valence-electron chi connectivity index (χ1n) is 11.4. The van der Waals surface area contributed by atoms with E-state index in [1.807, 2.05) is 36.4 Å². The number of unbranched alkanes of at least 4 members (excludes halogenated alkanes) is 9. The van der Waals surface area contributed by atoms with E-state index in [4.69, 9.17) is 4.74 Å². The Kier molecular flexibility index (Phi) is 11.1. The zero-order chi connectivity index (χ0) is 20.7. The third kappa shape index (κ3) is 9.74. The lowest BCUT2D eigenvalue weighted by Crippen LogP contribution is -1.97. The maximum Gasteiger partial charge on any atom is 0.119 e. The van der Waals surface area contributed by atoms with E-state index in [2.05, 4.69) is 37.1 Å². The molecule has 0 aromatic heterocycles. The van der Waals surface area contributed by atoms with Crippen LogP contribution in [0.15, 0.2) is 52.7 Å². The molecule has 0 spiro atoms. The van der Waals surface area contributed by atoms with Crippen LogP contribution >= 0.6 is 0 Å². The van der Waals surface area contributed by atoms with E-state index >= 15 is 0 Å². The average Bonchev–Trinajstić information content (AvgIpc) is 2.72. The summed E-state index contributed by atoms with van der Waals surface area (Å²) in [6.45, 7) is 7.19. The maximum absolute atomic E-state index is 5.92. The number of rotatable bonds is 14. The van der Waals surface area contributed by atoms with Gasteiger partial charge in [0.15, 0.2) is 0 Å². The monoisotopic (exact) mass is 394 g/mol. The Labute approximate surface area is 177 Å². The van der Waals surface area contributed by atoms with Crippen LogP contribution in [0.5, 0.6) is 5.75 Å². The third-order valence-corrected chi connectivity index (χ3v) is 5.24. The van der Waals surface area contributed by atoms with Crippen LogP contribution in [0, 0.1) is 13.8 Å². The number of aryl methyl sites for hydroxylation is 2. The predicted octanol–water partition coefficient (Wildman–Crippen LogP) is 9.02. The van der Waals surface area contributed by atoms with Crippen LogP contribution in [-0.2, 0) is 0 Å². The number of hydrogen-bond acceptors (Lipinski definition) is 3. The SMILES string of the molecule is CCCCCCCCCCCCOc1ccc(N=Nc2ccc(C)cc2)c(C)c1. The zero-order valence-electron chi connectivity index (χ0n) is 18.6. The lowest BCUT2D eigenvalue weighted by molar-refractivity contribution is 0.304. The van der Waals surface area contributed by atoms with Crippen LogP contribution in [0.25, 0.3) is 0 Å². The Morgan fingerprint density at radius 2 is 1.31 bits per heavy atom. The first kappa shape index (κ1) is 23.1. The summed E-state index contributed by atoms with van der Waals surface area (Å²) in [4.78, 5) is 0. The molecule has 2 aromatic carbocycles. The minimum Gasteiger partial charge on any atom is -0.494 e. The van der Waals surface area contributed by atoms with Gasteiger partial charge in [-0.15, -0.1) is 0 Å². The highest BCUT2D eigenvalue weighted by Gasteiger charge is 2.01. The van der Waals surface area contributed by atoms with Crippen molar-refractivity contribution in [3.63, 3.8) is 0 Å². The summed E-state index contributed by atoms with van der Waals surface area (Å²) in [5.41, 5.74) is 4.07. The first-order chi connectivity index (χ1) is 14.2. The smallest absolute Gasteiger partial charge is 0.119 e. The molecule has 0 aliphatic carbocycles. The summed E-state index contributed by atoms with van der Waals surface area (Å²) in [5, 5.41) is 8.70. The summed E-state index contributed by atoms with van der Waals surface area (Å²) in [6, 6.07) is 14.1. The summed E-state index contributed by atoms with van der Waals surface area (Å²) < 4.78 is 5.92. The molecule has 3 heteroatoms. The number of azo groups is 1. The minimum absolute atomic E-state index is 0.792. The van der Waals surface area contributed by atoms with Gasteiger partial charge in [-0.25, -0.2) is 0 Å². The maximum atomic E-state index is 5.92. The molecule has 2 rings (SSSR count). The third-order valence-electron chi connectivity index (χ3n) is 5.24. The van der Waals surface area contributed by atoms with Gasteiger partial charge in [0.1, 0.15) is 5.75 Å². The van der Waals surface area contributed by atoms with E-state index in [9.17, 15) is 0 Å². The van der Waals surface area contributed by atoms with Gasteiger partial charge in [0.25, 0.3) is 0 Å². The molecule has 2 aromatic rings. The molecule has 29 heavy (non-hydrogen) atoms. The minimum atomic E-state index is 0.792. The molecule has 0 amide bonds. The van der Waals surface area contributed by atoms with Crippen molar-refractivity contribution < 1.29 is 4.74 Å². The summed E-state index contributed by atoms with van der Waals surface area (Å²) in [7, 11) is 0. The van der Waals surface area contributed by atoms with Gasteiger partial charge in [0.05, 0.1) is 18.0 Å². The molecule has 3 nitrogen and oxygen atoms in total. The molecule has 0 unspecified atom stereocenters. The normalized spacial score (nSPS) is 11.3. The van der Waals surface area contributed by atoms with E-state index in [0.717, 1.165) is 35.7 Å². The van der Waals surface area contributed by atoms with Crippen molar-refractivity contribution in [2.75, 3.05) is 6.61 Å². The summed E-state index contributed by atoms with van der Waals surface area (Å²) in [5.74, 6) is 0.924. The van der Waals surface area contributed by atoms with Crippen LogP contribution < -0.4 is 4.74 Å². The molecule has 0 fully saturated rings. The van der Waals surface area contributed by atoms with Crippen LogP contribution in [-0.4, -0.2) is 6.61 Å². The van der Waals surface area contributed by atoms with Crippen LogP contribution in [0.2, 0.25) is 0 Å². The molecule has 0 N–H and O–H groups in total. The lowest BCUT2D eigenvalue weighted by Gasteiger charge is -2.08. The second-order valence-electron chi connectivity index (χ2n) is 8.01. The Bertz CT molecular complexity index is 722. The standard InChI is InChI=1S/C26H38N2O/c1-4-5-6-7-8-9-10-11-12-13-20-29-25-18-19-26(23(3)21-25)28-27-24-16-14-22(2)15-17-24/h14-19,21H,4-13,20H2,1-3H3. The molecule has 0 saturated heterocycles. The van der Waals surface area contributed by atoms with Crippen molar-refractivity contribution in [3.8, 4) is 5.75 Å². The second-order valence-corrected chi connectivity index (χ2v) is 8.01. The van der Waals surface area contributed by atoms with Crippen molar-refractivity contribution in [2.24, 2.45) is 10.2 Å². The van der Waals surface area contributed by atoms with Gasteiger partial charge >= 0.3 is 0 Å². The quantitative estimate of drug-likeness (QED) is 0.232. The molecule has 0 aliphatic heterocycles. The lowest BCUT2D eigenvalue weighted by atomic mass is 10.1. The van der Waals surface area contributed by atoms with E-state index in [1.54, 1.807) is 0 Å². The number of benzene rings is 2. The molecule has 0 heterocycles. The van der Waals surface area contributed by atoms with Gasteiger partial charge < -0.3 is 4.74 Å². The van der Waals surface area contributed by atoms with Crippen molar-refractivity contribution in [1.82, 2.24) is 0 Å². The van der Waals surface area contributed by atoms with Crippen LogP contribution in [0.3, 0.4) is 0 Å². The highest BCUT2D eigenvalue weighted by atomic mass is 16.5. The van der Waals surface area contributed by atoms with Gasteiger partial charge in [-0.05, 0) is 56.2 Å². The molecule has 158 valence electrons. The number of nitrogens with zero attached hydrogens (tertiary/aromatic N) is 2. The first-order valence-corrected chi connectivity index (χ1v) is 11.4. The molecular weight excluding hydrogens is 356 g/mol. The van der Waals surface area contributed by atoms with Crippen LogP contribution in [0.4, 0.5) is 11.4 Å². The highest BCUT2D eigenvalue weighted by Crippen LogP contribution is 2.26. The van der Waals surface area contributed by atoms with Gasteiger partial charge in [-0.3, -0.25) is 0 Å². The largest absolute Gasteiger partial charge is 0.494 e. The summed E-state index contributed by atoms with van der Waals surface area (Å²) >= 11 is 0. The van der Waals surface area contributed by atoms with E-state index in [-0.39, 0.29) is 0 Å². The van der Waals surface area contributed by atoms with Crippen molar-refractivity contribution in [2.45, 2.75) is 85.0 Å². The Morgan fingerprint density at radius 1 is 0.690 bits per heavy atom. The van der Waals surface area contributed by atoms with E-state index in [1.165, 1.54) is 63.4 Å². The fraction of sp³-hybridized carbons (Fsp3) is 0.538. The van der Waals surface area contributed by atoms with E-state index in [0.29, 0.717) is 0 Å². The van der Waals surface area contributed by atoms with Crippen molar-refractivity contribution in [1.29, 1.82) is 0 Å². The zero-order valence-corrected chi connectivity index (χ0v) is 18.6. The Balaban J connectivity index is 1.62. The highest BCUT2D eigenvalue weighted by molar-refractivity contribution is 5.49. The number of ether oxygens (including phenoxy) is 1.